The van der Waals surface area contributed by atoms with E-state index in [1.54, 1.807) is 6.20 Å². The molecule has 1 aromatic heterocycles. The maximum Gasteiger partial charge on any atom is 0.0922 e. The van der Waals surface area contributed by atoms with Crippen LogP contribution in [0, 0.1) is 0 Å². The summed E-state index contributed by atoms with van der Waals surface area (Å²) >= 11 is 0. The Morgan fingerprint density at radius 2 is 2.33 bits per heavy atom. The van der Waals surface area contributed by atoms with Crippen LogP contribution in [-0.2, 0) is 6.61 Å². The van der Waals surface area contributed by atoms with Crippen molar-refractivity contribution in [2.45, 2.75) is 20.5 Å². The fraction of sp³-hybridized carbons (Fsp3) is 0.500. The van der Waals surface area contributed by atoms with Crippen LogP contribution in [0.15, 0.2) is 12.5 Å². The van der Waals surface area contributed by atoms with E-state index in [0.29, 0.717) is 0 Å². The van der Waals surface area contributed by atoms with Crippen molar-refractivity contribution in [1.82, 2.24) is 9.97 Å². The molecule has 0 saturated heterocycles. The van der Waals surface area contributed by atoms with Gasteiger partial charge in [-0.25, -0.2) is 4.98 Å². The molecule has 0 aliphatic carbocycles. The standard InChI is InChI=1S/C4H6N2O.C2H6/c7-2-4-1-5-3-6-4;1-2/h1,3,7H,2H2,(H,5,6);1-2H3. The third-order valence-corrected chi connectivity index (χ3v) is 0.725. The first-order valence-electron chi connectivity index (χ1n) is 3.01. The van der Waals surface area contributed by atoms with Crippen molar-refractivity contribution in [3.05, 3.63) is 18.2 Å². The SMILES string of the molecule is CC.OCc1cnc[nH]1. The average Bonchev–Trinajstić information content (AvgIpc) is 2.43. The molecule has 0 saturated carbocycles. The van der Waals surface area contributed by atoms with Gasteiger partial charge in [0, 0.05) is 0 Å². The van der Waals surface area contributed by atoms with Gasteiger partial charge in [0.15, 0.2) is 0 Å². The van der Waals surface area contributed by atoms with Crippen LogP contribution in [0.4, 0.5) is 0 Å². The number of aliphatic hydroxyl groups is 1. The number of imidazole rings is 1. The quantitative estimate of drug-likeness (QED) is 0.591. The summed E-state index contributed by atoms with van der Waals surface area (Å²) < 4.78 is 0. The van der Waals surface area contributed by atoms with Crippen LogP contribution in [0.3, 0.4) is 0 Å². The molecule has 0 aromatic carbocycles. The molecule has 0 radical (unpaired) electrons. The third kappa shape index (κ3) is 2.87. The topological polar surface area (TPSA) is 48.9 Å². The molecule has 2 N–H and O–H groups in total. The van der Waals surface area contributed by atoms with Gasteiger partial charge in [0.05, 0.1) is 24.8 Å². The summed E-state index contributed by atoms with van der Waals surface area (Å²) in [5.74, 6) is 0. The average molecular weight is 128 g/mol. The summed E-state index contributed by atoms with van der Waals surface area (Å²) in [6.07, 6.45) is 3.12. The number of hydrogen-bond acceptors (Lipinski definition) is 2. The van der Waals surface area contributed by atoms with E-state index < -0.39 is 0 Å². The van der Waals surface area contributed by atoms with Crippen LogP contribution in [0.2, 0.25) is 0 Å². The summed E-state index contributed by atoms with van der Waals surface area (Å²) in [5.41, 5.74) is 0.750. The second-order valence-corrected chi connectivity index (χ2v) is 1.23. The second-order valence-electron chi connectivity index (χ2n) is 1.23. The smallest absolute Gasteiger partial charge is 0.0922 e. The van der Waals surface area contributed by atoms with E-state index in [1.807, 2.05) is 13.8 Å². The van der Waals surface area contributed by atoms with Crippen LogP contribution in [-0.4, -0.2) is 15.1 Å². The highest BCUT2D eigenvalue weighted by Crippen LogP contribution is 1.86. The maximum absolute atomic E-state index is 8.36. The molecule has 9 heavy (non-hydrogen) atoms. The predicted molar refractivity (Wildman–Crippen MR) is 35.9 cm³/mol. The molecule has 1 rings (SSSR count). The Morgan fingerprint density at radius 3 is 2.56 bits per heavy atom. The Bertz CT molecular complexity index is 126. The molecule has 0 fully saturated rings. The monoisotopic (exact) mass is 128 g/mol. The Kier molecular flexibility index (Phi) is 4.82. The summed E-state index contributed by atoms with van der Waals surface area (Å²) in [6.45, 7) is 4.04. The minimum absolute atomic E-state index is 0.0417. The lowest BCUT2D eigenvalue weighted by Crippen LogP contribution is -1.77. The number of H-pyrrole nitrogens is 1. The second kappa shape index (κ2) is 5.31. The van der Waals surface area contributed by atoms with Gasteiger partial charge in [-0.05, 0) is 0 Å². The highest BCUT2D eigenvalue weighted by molar-refractivity contribution is 4.90. The van der Waals surface area contributed by atoms with Crippen LogP contribution in [0.25, 0.3) is 0 Å². The van der Waals surface area contributed by atoms with Gasteiger partial charge in [0.25, 0.3) is 0 Å². The van der Waals surface area contributed by atoms with Crippen molar-refractivity contribution in [1.29, 1.82) is 0 Å². The van der Waals surface area contributed by atoms with E-state index in [4.69, 9.17) is 5.11 Å². The largest absolute Gasteiger partial charge is 0.390 e. The lowest BCUT2D eigenvalue weighted by Gasteiger charge is -1.79. The van der Waals surface area contributed by atoms with Gasteiger partial charge in [-0.2, -0.15) is 0 Å². The van der Waals surface area contributed by atoms with Gasteiger partial charge in [0.1, 0.15) is 0 Å². The number of rotatable bonds is 1. The number of nitrogens with zero attached hydrogens (tertiary/aromatic N) is 1. The van der Waals surface area contributed by atoms with Crippen molar-refractivity contribution in [2.75, 3.05) is 0 Å². The molecule has 0 spiro atoms. The molecule has 0 bridgehead atoms. The van der Waals surface area contributed by atoms with Gasteiger partial charge in [0.2, 0.25) is 0 Å². The van der Waals surface area contributed by atoms with Crippen molar-refractivity contribution in [3.63, 3.8) is 0 Å². The minimum Gasteiger partial charge on any atom is -0.390 e. The zero-order valence-corrected chi connectivity index (χ0v) is 5.76. The molecule has 0 unspecified atom stereocenters. The molecule has 0 atom stereocenters. The van der Waals surface area contributed by atoms with Crippen LogP contribution in [0.1, 0.15) is 19.5 Å². The minimum atomic E-state index is 0.0417. The molecule has 1 heterocycles. The van der Waals surface area contributed by atoms with Crippen molar-refractivity contribution >= 4 is 0 Å². The highest BCUT2D eigenvalue weighted by Gasteiger charge is 1.83. The normalized spacial score (nSPS) is 7.89. The van der Waals surface area contributed by atoms with E-state index in [-0.39, 0.29) is 6.61 Å². The number of aromatic amines is 1. The first-order valence-corrected chi connectivity index (χ1v) is 3.01. The Hall–Kier alpha value is -0.830. The Labute approximate surface area is 54.8 Å². The van der Waals surface area contributed by atoms with Crippen molar-refractivity contribution < 1.29 is 5.11 Å². The molecule has 52 valence electrons. The molecular weight excluding hydrogens is 116 g/mol. The summed E-state index contributed by atoms with van der Waals surface area (Å²) in [6, 6.07) is 0. The molecule has 1 aromatic rings. The molecule has 0 aliphatic heterocycles. The summed E-state index contributed by atoms with van der Waals surface area (Å²) in [5, 5.41) is 8.36. The Balaban J connectivity index is 0.000000291. The molecule has 0 aliphatic rings. The molecule has 3 heteroatoms. The van der Waals surface area contributed by atoms with Crippen LogP contribution < -0.4 is 0 Å². The fourth-order valence-electron chi connectivity index (χ4n) is 0.371. The lowest BCUT2D eigenvalue weighted by molar-refractivity contribution is 0.277. The summed E-state index contributed by atoms with van der Waals surface area (Å²) in [7, 11) is 0. The van der Waals surface area contributed by atoms with Gasteiger partial charge in [-0.1, -0.05) is 13.8 Å². The third-order valence-electron chi connectivity index (χ3n) is 0.725. The van der Waals surface area contributed by atoms with Crippen LogP contribution >= 0.6 is 0 Å². The van der Waals surface area contributed by atoms with Gasteiger partial charge in [-0.3, -0.25) is 0 Å². The van der Waals surface area contributed by atoms with E-state index in [1.165, 1.54) is 6.33 Å². The molecular formula is C6H12N2O. The number of hydrogen-bond donors (Lipinski definition) is 2. The highest BCUT2D eigenvalue weighted by atomic mass is 16.3. The zero-order valence-electron chi connectivity index (χ0n) is 5.76. The van der Waals surface area contributed by atoms with Gasteiger partial charge >= 0.3 is 0 Å². The first kappa shape index (κ1) is 8.17. The van der Waals surface area contributed by atoms with E-state index in [0.717, 1.165) is 5.69 Å². The molecule has 0 amide bonds. The van der Waals surface area contributed by atoms with E-state index in [9.17, 15) is 0 Å². The number of nitrogens with one attached hydrogen (secondary N) is 1. The summed E-state index contributed by atoms with van der Waals surface area (Å²) in [4.78, 5) is 6.40. The van der Waals surface area contributed by atoms with Crippen molar-refractivity contribution in [3.8, 4) is 0 Å². The Morgan fingerprint density at radius 1 is 1.67 bits per heavy atom. The predicted octanol–water partition coefficient (Wildman–Crippen LogP) is 0.928. The van der Waals surface area contributed by atoms with E-state index >= 15 is 0 Å². The zero-order chi connectivity index (χ0) is 7.11. The van der Waals surface area contributed by atoms with Gasteiger partial charge in [-0.15, -0.1) is 0 Å². The maximum atomic E-state index is 8.36. The number of aliphatic hydroxyl groups excluding tert-OH is 1. The fourth-order valence-corrected chi connectivity index (χ4v) is 0.371. The van der Waals surface area contributed by atoms with Crippen molar-refractivity contribution in [2.24, 2.45) is 0 Å². The van der Waals surface area contributed by atoms with Crippen LogP contribution in [0.5, 0.6) is 0 Å². The number of aromatic nitrogens is 2. The van der Waals surface area contributed by atoms with E-state index in [2.05, 4.69) is 9.97 Å². The first-order chi connectivity index (χ1) is 4.43. The lowest BCUT2D eigenvalue weighted by atomic mass is 10.5. The molecule has 3 nitrogen and oxygen atoms in total. The van der Waals surface area contributed by atoms with Gasteiger partial charge < -0.3 is 10.1 Å².